The molecule has 0 spiro atoms. The Morgan fingerprint density at radius 2 is 2.17 bits per heavy atom. The topological polar surface area (TPSA) is 107 Å². The lowest BCUT2D eigenvalue weighted by atomic mass is 10.3. The third-order valence-corrected chi connectivity index (χ3v) is 3.16. The van der Waals surface area contributed by atoms with Gasteiger partial charge in [-0.05, 0) is 10.4 Å². The van der Waals surface area contributed by atoms with Crippen LogP contribution in [0.4, 0.5) is 5.95 Å². The third kappa shape index (κ3) is 3.64. The highest BCUT2D eigenvalue weighted by atomic mass is 32.2. The van der Waals surface area contributed by atoms with Gasteiger partial charge in [0.05, 0.1) is 0 Å². The van der Waals surface area contributed by atoms with E-state index in [0.717, 1.165) is 29.6 Å². The molecule has 0 unspecified atom stereocenters. The summed E-state index contributed by atoms with van der Waals surface area (Å²) in [6.45, 7) is 1.57. The lowest BCUT2D eigenvalue weighted by Gasteiger charge is -2.03. The van der Waals surface area contributed by atoms with E-state index in [0.29, 0.717) is 5.95 Å². The average molecular weight is 266 g/mol. The van der Waals surface area contributed by atoms with Gasteiger partial charge in [-0.1, -0.05) is 11.8 Å². The van der Waals surface area contributed by atoms with E-state index in [1.165, 1.54) is 0 Å². The van der Waals surface area contributed by atoms with Crippen molar-refractivity contribution in [3.63, 3.8) is 0 Å². The molecule has 0 saturated heterocycles. The number of aromatic nitrogens is 6. The Balaban J connectivity index is 1.64. The number of nitrogens with zero attached hydrogens (tertiary/aromatic N) is 6. The number of thioether (sulfide) groups is 1. The first-order chi connectivity index (χ1) is 8.75. The molecule has 0 bridgehead atoms. The standard InChI is InChI=1S/C9H14N8S/c1-17-9(14-15-16-17)18-3-2-11-4-7-5-12-8(10)13-6-7/h5-6,11H,2-4H2,1H3,(H2,10,12,13). The van der Waals surface area contributed by atoms with Crippen LogP contribution in [0.15, 0.2) is 17.6 Å². The molecule has 0 aliphatic carbocycles. The molecule has 2 rings (SSSR count). The van der Waals surface area contributed by atoms with E-state index in [2.05, 4.69) is 30.8 Å². The lowest BCUT2D eigenvalue weighted by molar-refractivity contribution is 0.663. The largest absolute Gasteiger partial charge is 0.368 e. The van der Waals surface area contributed by atoms with Gasteiger partial charge in [-0.15, -0.1) is 5.10 Å². The van der Waals surface area contributed by atoms with Crippen molar-refractivity contribution >= 4 is 17.7 Å². The molecule has 0 amide bonds. The molecular weight excluding hydrogens is 252 g/mol. The SMILES string of the molecule is Cn1nnnc1SCCNCc1cnc(N)nc1. The molecule has 8 nitrogen and oxygen atoms in total. The van der Waals surface area contributed by atoms with E-state index < -0.39 is 0 Å². The molecule has 2 aromatic rings. The molecule has 2 heterocycles. The second-order valence-electron chi connectivity index (χ2n) is 3.56. The number of nitrogens with two attached hydrogens (primary N) is 1. The van der Waals surface area contributed by atoms with E-state index >= 15 is 0 Å². The van der Waals surface area contributed by atoms with Crippen LogP contribution in [0.25, 0.3) is 0 Å². The summed E-state index contributed by atoms with van der Waals surface area (Å²) in [5.74, 6) is 1.19. The zero-order valence-electron chi connectivity index (χ0n) is 9.94. The number of nitrogen functional groups attached to an aromatic ring is 1. The Morgan fingerprint density at radius 3 is 2.83 bits per heavy atom. The predicted molar refractivity (Wildman–Crippen MR) is 67.7 cm³/mol. The summed E-state index contributed by atoms with van der Waals surface area (Å²) in [4.78, 5) is 7.84. The molecule has 0 aliphatic heterocycles. The Bertz CT molecular complexity index is 482. The van der Waals surface area contributed by atoms with Crippen LogP contribution in [0.1, 0.15) is 5.56 Å². The van der Waals surface area contributed by atoms with Crippen LogP contribution in [0.2, 0.25) is 0 Å². The van der Waals surface area contributed by atoms with Gasteiger partial charge >= 0.3 is 0 Å². The fourth-order valence-electron chi connectivity index (χ4n) is 1.25. The maximum Gasteiger partial charge on any atom is 0.219 e. The molecule has 96 valence electrons. The van der Waals surface area contributed by atoms with Gasteiger partial charge in [0.25, 0.3) is 0 Å². The minimum absolute atomic E-state index is 0.295. The van der Waals surface area contributed by atoms with Crippen LogP contribution >= 0.6 is 11.8 Å². The molecule has 0 radical (unpaired) electrons. The average Bonchev–Trinajstić information content (AvgIpc) is 2.77. The summed E-state index contributed by atoms with van der Waals surface area (Å²) in [5.41, 5.74) is 6.41. The quantitative estimate of drug-likeness (QED) is 0.530. The first kappa shape index (κ1) is 12.7. The molecule has 18 heavy (non-hydrogen) atoms. The first-order valence-electron chi connectivity index (χ1n) is 5.38. The summed E-state index contributed by atoms with van der Waals surface area (Å²) in [6, 6.07) is 0. The lowest BCUT2D eigenvalue weighted by Crippen LogP contribution is -2.17. The Morgan fingerprint density at radius 1 is 1.39 bits per heavy atom. The van der Waals surface area contributed by atoms with Crippen molar-refractivity contribution in [1.29, 1.82) is 0 Å². The van der Waals surface area contributed by atoms with Gasteiger partial charge in [0.15, 0.2) is 0 Å². The van der Waals surface area contributed by atoms with Gasteiger partial charge in [0.1, 0.15) is 0 Å². The second-order valence-corrected chi connectivity index (χ2v) is 4.62. The number of rotatable bonds is 6. The number of anilines is 1. The highest BCUT2D eigenvalue weighted by Crippen LogP contribution is 2.10. The van der Waals surface area contributed by atoms with Crippen LogP contribution in [0.3, 0.4) is 0 Å². The fourth-order valence-corrected chi connectivity index (χ4v) is 1.99. The summed E-state index contributed by atoms with van der Waals surface area (Å²) < 4.78 is 1.65. The smallest absolute Gasteiger partial charge is 0.219 e. The second kappa shape index (κ2) is 6.26. The minimum Gasteiger partial charge on any atom is -0.368 e. The summed E-state index contributed by atoms with van der Waals surface area (Å²) >= 11 is 1.60. The number of tetrazole rings is 1. The number of hydrogen-bond acceptors (Lipinski definition) is 8. The highest BCUT2D eigenvalue weighted by molar-refractivity contribution is 7.99. The van der Waals surface area contributed by atoms with E-state index in [9.17, 15) is 0 Å². The minimum atomic E-state index is 0.295. The van der Waals surface area contributed by atoms with Crippen LogP contribution < -0.4 is 11.1 Å². The predicted octanol–water partition coefficient (Wildman–Crippen LogP) is -0.536. The highest BCUT2D eigenvalue weighted by Gasteiger charge is 2.01. The Hall–Kier alpha value is -1.74. The van der Waals surface area contributed by atoms with Gasteiger partial charge < -0.3 is 11.1 Å². The van der Waals surface area contributed by atoms with Gasteiger partial charge in [-0.25, -0.2) is 14.6 Å². The monoisotopic (exact) mass is 266 g/mol. The van der Waals surface area contributed by atoms with Crippen molar-refractivity contribution in [2.45, 2.75) is 11.7 Å². The summed E-state index contributed by atoms with van der Waals surface area (Å²) in [5, 5.41) is 15.3. The van der Waals surface area contributed by atoms with Crippen molar-refractivity contribution in [2.24, 2.45) is 7.05 Å². The number of hydrogen-bond donors (Lipinski definition) is 2. The molecule has 0 aromatic carbocycles. The first-order valence-corrected chi connectivity index (χ1v) is 6.36. The maximum absolute atomic E-state index is 5.40. The normalized spacial score (nSPS) is 10.7. The number of aryl methyl sites for hydroxylation is 1. The van der Waals surface area contributed by atoms with Crippen LogP contribution in [0, 0.1) is 0 Å². The molecule has 2 aromatic heterocycles. The maximum atomic E-state index is 5.40. The van der Waals surface area contributed by atoms with E-state index in [1.54, 1.807) is 28.8 Å². The van der Waals surface area contributed by atoms with Crippen molar-refractivity contribution in [1.82, 2.24) is 35.5 Å². The van der Waals surface area contributed by atoms with Gasteiger partial charge in [0, 0.05) is 43.8 Å². The summed E-state index contributed by atoms with van der Waals surface area (Å²) in [7, 11) is 1.82. The van der Waals surface area contributed by atoms with Gasteiger partial charge in [-0.3, -0.25) is 0 Å². The molecule has 3 N–H and O–H groups in total. The van der Waals surface area contributed by atoms with Crippen molar-refractivity contribution in [3.05, 3.63) is 18.0 Å². The Labute approximate surface area is 108 Å². The zero-order chi connectivity index (χ0) is 12.8. The number of nitrogens with one attached hydrogen (secondary N) is 1. The third-order valence-electron chi connectivity index (χ3n) is 2.15. The van der Waals surface area contributed by atoms with Crippen LogP contribution in [0.5, 0.6) is 0 Å². The van der Waals surface area contributed by atoms with Crippen LogP contribution in [-0.2, 0) is 13.6 Å². The van der Waals surface area contributed by atoms with Gasteiger partial charge in [0.2, 0.25) is 11.1 Å². The fraction of sp³-hybridized carbons (Fsp3) is 0.444. The van der Waals surface area contributed by atoms with Crippen molar-refractivity contribution in [3.8, 4) is 0 Å². The van der Waals surface area contributed by atoms with Crippen molar-refractivity contribution in [2.75, 3.05) is 18.0 Å². The van der Waals surface area contributed by atoms with Crippen LogP contribution in [-0.4, -0.2) is 42.5 Å². The molecular formula is C9H14N8S. The molecule has 9 heteroatoms. The molecule has 0 aliphatic rings. The zero-order valence-corrected chi connectivity index (χ0v) is 10.8. The van der Waals surface area contributed by atoms with Gasteiger partial charge in [-0.2, -0.15) is 0 Å². The van der Waals surface area contributed by atoms with Crippen molar-refractivity contribution < 1.29 is 0 Å². The molecule has 0 fully saturated rings. The summed E-state index contributed by atoms with van der Waals surface area (Å²) in [6.07, 6.45) is 3.43. The van der Waals surface area contributed by atoms with E-state index in [-0.39, 0.29) is 0 Å². The molecule has 0 saturated carbocycles. The Kier molecular flexibility index (Phi) is 4.42. The van der Waals surface area contributed by atoms with E-state index in [1.807, 2.05) is 7.05 Å². The molecule has 0 atom stereocenters. The van der Waals surface area contributed by atoms with E-state index in [4.69, 9.17) is 5.73 Å².